The van der Waals surface area contributed by atoms with Gasteiger partial charge in [-0.15, -0.1) is 0 Å². The van der Waals surface area contributed by atoms with Gasteiger partial charge in [0.05, 0.1) is 18.8 Å². The summed E-state index contributed by atoms with van der Waals surface area (Å²) in [6.07, 6.45) is 1.44. The highest BCUT2D eigenvalue weighted by Crippen LogP contribution is 2.22. The van der Waals surface area contributed by atoms with E-state index in [2.05, 4.69) is 37.6 Å². The van der Waals surface area contributed by atoms with Crippen LogP contribution in [0.25, 0.3) is 0 Å². The minimum absolute atomic E-state index is 0.252. The molecule has 0 atom stereocenters. The molecular weight excluding hydrogens is 392 g/mol. The van der Waals surface area contributed by atoms with Gasteiger partial charge in [-0.2, -0.15) is 4.98 Å². The Morgan fingerprint density at radius 3 is 2.58 bits per heavy atom. The minimum Gasteiger partial charge on any atom is -0.378 e. The van der Waals surface area contributed by atoms with E-state index < -0.39 is 5.91 Å². The Hall–Kier alpha value is -3.65. The number of amides is 1. The second kappa shape index (κ2) is 9.44. The molecule has 1 saturated heterocycles. The average Bonchev–Trinajstić information content (AvgIpc) is 2.79. The van der Waals surface area contributed by atoms with Crippen LogP contribution in [0.15, 0.2) is 54.7 Å². The molecule has 31 heavy (non-hydrogen) atoms. The Labute approximate surface area is 181 Å². The number of carbonyl (C=O) groups excluding carboxylic acids is 1. The summed E-state index contributed by atoms with van der Waals surface area (Å²) >= 11 is 0. The number of benzene rings is 2. The fourth-order valence-electron chi connectivity index (χ4n) is 3.45. The van der Waals surface area contributed by atoms with Crippen molar-refractivity contribution in [3.8, 4) is 0 Å². The highest BCUT2D eigenvalue weighted by molar-refractivity contribution is 5.97. The number of anilines is 4. The van der Waals surface area contributed by atoms with Crippen molar-refractivity contribution in [2.75, 3.05) is 41.8 Å². The van der Waals surface area contributed by atoms with Crippen LogP contribution in [-0.4, -0.2) is 42.2 Å². The SMILES string of the molecule is Cc1ccccc1CNc1nc(Nc2ccc(N3CCOCC3)cc2)ncc1C(N)=O. The third-order valence-electron chi connectivity index (χ3n) is 5.26. The predicted octanol–water partition coefficient (Wildman–Crippen LogP) is 3.08. The molecule has 0 aliphatic carbocycles. The lowest BCUT2D eigenvalue weighted by molar-refractivity contribution is 0.100. The molecule has 8 heteroatoms. The van der Waals surface area contributed by atoms with Gasteiger partial charge in [0.1, 0.15) is 5.82 Å². The van der Waals surface area contributed by atoms with E-state index in [9.17, 15) is 4.79 Å². The van der Waals surface area contributed by atoms with Gasteiger partial charge in [0.15, 0.2) is 0 Å². The molecular formula is C23H26N6O2. The normalized spacial score (nSPS) is 13.6. The molecule has 1 fully saturated rings. The number of rotatable bonds is 7. The summed E-state index contributed by atoms with van der Waals surface area (Å²) in [4.78, 5) is 22.9. The molecule has 0 bridgehead atoms. The van der Waals surface area contributed by atoms with Crippen molar-refractivity contribution in [1.82, 2.24) is 9.97 Å². The number of ether oxygens (including phenoxy) is 1. The lowest BCUT2D eigenvalue weighted by Gasteiger charge is -2.28. The molecule has 0 unspecified atom stereocenters. The maximum Gasteiger partial charge on any atom is 0.254 e. The summed E-state index contributed by atoms with van der Waals surface area (Å²) in [7, 11) is 0. The monoisotopic (exact) mass is 418 g/mol. The van der Waals surface area contributed by atoms with Gasteiger partial charge in [-0.25, -0.2) is 4.98 Å². The van der Waals surface area contributed by atoms with Crippen molar-refractivity contribution < 1.29 is 9.53 Å². The number of hydrogen-bond acceptors (Lipinski definition) is 7. The molecule has 2 aromatic carbocycles. The largest absolute Gasteiger partial charge is 0.378 e. The van der Waals surface area contributed by atoms with Crippen molar-refractivity contribution in [3.05, 3.63) is 71.4 Å². The van der Waals surface area contributed by atoms with E-state index in [-0.39, 0.29) is 5.56 Å². The standard InChI is InChI=1S/C23H26N6O2/c1-16-4-2-3-5-17(16)14-25-22-20(21(24)30)15-26-23(28-22)27-18-6-8-19(9-7-18)29-10-12-31-13-11-29/h2-9,15H,10-14H2,1H3,(H2,24,30)(H2,25,26,27,28). The molecule has 4 N–H and O–H groups in total. The number of aryl methyl sites for hydroxylation is 1. The molecule has 2 heterocycles. The lowest BCUT2D eigenvalue weighted by Crippen LogP contribution is -2.36. The highest BCUT2D eigenvalue weighted by Gasteiger charge is 2.14. The van der Waals surface area contributed by atoms with Gasteiger partial charge in [-0.05, 0) is 42.3 Å². The van der Waals surface area contributed by atoms with Gasteiger partial charge < -0.3 is 26.0 Å². The Kier molecular flexibility index (Phi) is 6.28. The highest BCUT2D eigenvalue weighted by atomic mass is 16.5. The summed E-state index contributed by atoms with van der Waals surface area (Å²) < 4.78 is 5.41. The maximum atomic E-state index is 11.8. The summed E-state index contributed by atoms with van der Waals surface area (Å²) in [6.45, 7) is 5.84. The van der Waals surface area contributed by atoms with Crippen LogP contribution in [0.4, 0.5) is 23.1 Å². The van der Waals surface area contributed by atoms with E-state index in [0.29, 0.717) is 18.3 Å². The number of primary amides is 1. The van der Waals surface area contributed by atoms with Crippen LogP contribution in [0.1, 0.15) is 21.5 Å². The van der Waals surface area contributed by atoms with Gasteiger partial charge in [0.2, 0.25) is 5.95 Å². The zero-order valence-electron chi connectivity index (χ0n) is 17.5. The number of nitrogens with zero attached hydrogens (tertiary/aromatic N) is 3. The first-order valence-electron chi connectivity index (χ1n) is 10.2. The van der Waals surface area contributed by atoms with Crippen LogP contribution in [0.5, 0.6) is 0 Å². The van der Waals surface area contributed by atoms with Gasteiger partial charge >= 0.3 is 0 Å². The van der Waals surface area contributed by atoms with Crippen LogP contribution in [0, 0.1) is 6.92 Å². The molecule has 0 saturated carbocycles. The van der Waals surface area contributed by atoms with Crippen molar-refractivity contribution in [1.29, 1.82) is 0 Å². The zero-order valence-corrected chi connectivity index (χ0v) is 17.5. The van der Waals surface area contributed by atoms with Gasteiger partial charge in [-0.1, -0.05) is 24.3 Å². The van der Waals surface area contributed by atoms with Crippen molar-refractivity contribution in [3.63, 3.8) is 0 Å². The van der Waals surface area contributed by atoms with Gasteiger partial charge in [0, 0.05) is 37.2 Å². The molecule has 160 valence electrons. The predicted molar refractivity (Wildman–Crippen MR) is 122 cm³/mol. The number of aromatic nitrogens is 2. The third kappa shape index (κ3) is 5.10. The van der Waals surface area contributed by atoms with Gasteiger partial charge in [0.25, 0.3) is 5.91 Å². The van der Waals surface area contributed by atoms with E-state index in [4.69, 9.17) is 10.5 Å². The molecule has 8 nitrogen and oxygen atoms in total. The molecule has 4 rings (SSSR count). The van der Waals surface area contributed by atoms with Crippen LogP contribution in [0.2, 0.25) is 0 Å². The number of hydrogen-bond donors (Lipinski definition) is 3. The Balaban J connectivity index is 1.48. The molecule has 0 radical (unpaired) electrons. The summed E-state index contributed by atoms with van der Waals surface area (Å²) in [5.41, 5.74) is 10.0. The fraction of sp³-hybridized carbons (Fsp3) is 0.261. The lowest BCUT2D eigenvalue weighted by atomic mass is 10.1. The van der Waals surface area contributed by atoms with Crippen molar-refractivity contribution in [2.45, 2.75) is 13.5 Å². The minimum atomic E-state index is -0.575. The molecule has 1 amide bonds. The molecule has 0 spiro atoms. The molecule has 1 aliphatic rings. The van der Waals surface area contributed by atoms with Crippen LogP contribution >= 0.6 is 0 Å². The number of nitrogens with two attached hydrogens (primary N) is 1. The number of carbonyl (C=O) groups is 1. The second-order valence-electron chi connectivity index (χ2n) is 7.37. The van der Waals surface area contributed by atoms with Crippen LogP contribution in [0.3, 0.4) is 0 Å². The summed E-state index contributed by atoms with van der Waals surface area (Å²) in [6, 6.07) is 16.1. The van der Waals surface area contributed by atoms with E-state index in [1.54, 1.807) is 0 Å². The molecule has 1 aliphatic heterocycles. The topological polar surface area (TPSA) is 105 Å². The van der Waals surface area contributed by atoms with Crippen molar-refractivity contribution >= 4 is 29.0 Å². The first-order valence-corrected chi connectivity index (χ1v) is 10.2. The van der Waals surface area contributed by atoms with E-state index >= 15 is 0 Å². The summed E-state index contributed by atoms with van der Waals surface area (Å²) in [5.74, 6) is 0.211. The Morgan fingerprint density at radius 2 is 1.87 bits per heavy atom. The molecule has 3 aromatic rings. The first-order chi connectivity index (χ1) is 15.1. The van der Waals surface area contributed by atoms with Crippen LogP contribution < -0.4 is 21.3 Å². The smallest absolute Gasteiger partial charge is 0.254 e. The van der Waals surface area contributed by atoms with Crippen LogP contribution in [-0.2, 0) is 11.3 Å². The van der Waals surface area contributed by atoms with E-state index in [0.717, 1.165) is 48.8 Å². The Morgan fingerprint density at radius 1 is 1.13 bits per heavy atom. The van der Waals surface area contributed by atoms with E-state index in [1.807, 2.05) is 43.3 Å². The average molecular weight is 419 g/mol. The quantitative estimate of drug-likeness (QED) is 0.541. The number of morpholine rings is 1. The van der Waals surface area contributed by atoms with Gasteiger partial charge in [-0.3, -0.25) is 4.79 Å². The number of nitrogens with one attached hydrogen (secondary N) is 2. The maximum absolute atomic E-state index is 11.8. The third-order valence-corrected chi connectivity index (χ3v) is 5.26. The van der Waals surface area contributed by atoms with E-state index in [1.165, 1.54) is 6.20 Å². The second-order valence-corrected chi connectivity index (χ2v) is 7.37. The zero-order chi connectivity index (χ0) is 21.6. The summed E-state index contributed by atoms with van der Waals surface area (Å²) in [5, 5.41) is 6.41. The Bertz CT molecular complexity index is 1050. The first kappa shape index (κ1) is 20.6. The molecule has 1 aromatic heterocycles. The van der Waals surface area contributed by atoms with Crippen molar-refractivity contribution in [2.24, 2.45) is 5.73 Å². The fourth-order valence-corrected chi connectivity index (χ4v) is 3.45.